The number of nitrogens with one attached hydrogen (secondary N) is 1. The van der Waals surface area contributed by atoms with Crippen molar-refractivity contribution in [2.45, 2.75) is 32.6 Å². The first-order valence-electron chi connectivity index (χ1n) is 7.54. The zero-order valence-electron chi connectivity index (χ0n) is 12.0. The van der Waals surface area contributed by atoms with Crippen molar-refractivity contribution in [2.24, 2.45) is 5.92 Å². The molecule has 0 radical (unpaired) electrons. The van der Waals surface area contributed by atoms with Crippen molar-refractivity contribution in [3.05, 3.63) is 21.7 Å². The van der Waals surface area contributed by atoms with E-state index in [4.69, 9.17) is 9.47 Å². The van der Waals surface area contributed by atoms with E-state index in [0.29, 0.717) is 0 Å². The minimum Gasteiger partial charge on any atom is -0.489 e. The quantitative estimate of drug-likeness (QED) is 0.894. The van der Waals surface area contributed by atoms with Gasteiger partial charge in [-0.15, -0.1) is 0 Å². The van der Waals surface area contributed by atoms with Crippen LogP contribution < -0.4 is 14.8 Å². The second kappa shape index (κ2) is 6.35. The summed E-state index contributed by atoms with van der Waals surface area (Å²) < 4.78 is 12.8. The largest absolute Gasteiger partial charge is 0.489 e. The minimum absolute atomic E-state index is 0.735. The van der Waals surface area contributed by atoms with Gasteiger partial charge >= 0.3 is 0 Å². The van der Waals surface area contributed by atoms with Gasteiger partial charge in [0.1, 0.15) is 0 Å². The molecule has 0 aromatic heterocycles. The van der Waals surface area contributed by atoms with Crippen LogP contribution in [-0.4, -0.2) is 26.3 Å². The second-order valence-corrected chi connectivity index (χ2v) is 6.60. The number of fused-ring (bicyclic) bond motifs is 1. The van der Waals surface area contributed by atoms with Gasteiger partial charge in [0.2, 0.25) is 0 Å². The normalized spacial score (nSPS) is 19.7. The molecule has 4 heteroatoms. The highest BCUT2D eigenvalue weighted by molar-refractivity contribution is 9.10. The van der Waals surface area contributed by atoms with Gasteiger partial charge in [0.05, 0.1) is 17.7 Å². The number of rotatable bonds is 2. The van der Waals surface area contributed by atoms with E-state index in [2.05, 4.69) is 34.2 Å². The first-order chi connectivity index (χ1) is 9.75. The Morgan fingerprint density at radius 2 is 1.90 bits per heavy atom. The Balaban J connectivity index is 1.87. The highest BCUT2D eigenvalue weighted by Gasteiger charge is 2.21. The van der Waals surface area contributed by atoms with Gasteiger partial charge in [-0.25, -0.2) is 0 Å². The number of hydrogen-bond donors (Lipinski definition) is 1. The molecule has 0 aliphatic carbocycles. The molecule has 2 aliphatic heterocycles. The molecule has 0 spiro atoms. The maximum absolute atomic E-state index is 5.92. The Bertz CT molecular complexity index is 484. The van der Waals surface area contributed by atoms with Crippen molar-refractivity contribution in [3.63, 3.8) is 0 Å². The Labute approximate surface area is 129 Å². The molecule has 2 heterocycles. The molecule has 0 bridgehead atoms. The topological polar surface area (TPSA) is 30.5 Å². The van der Waals surface area contributed by atoms with Crippen molar-refractivity contribution in [2.75, 3.05) is 26.3 Å². The number of benzene rings is 1. The maximum Gasteiger partial charge on any atom is 0.175 e. The summed E-state index contributed by atoms with van der Waals surface area (Å²) >= 11 is 3.65. The van der Waals surface area contributed by atoms with Gasteiger partial charge in [-0.1, -0.05) is 0 Å². The third-order valence-corrected chi connectivity index (χ3v) is 4.88. The van der Waals surface area contributed by atoms with E-state index in [0.717, 1.165) is 61.0 Å². The van der Waals surface area contributed by atoms with Gasteiger partial charge in [0.25, 0.3) is 0 Å². The molecule has 1 aromatic rings. The van der Waals surface area contributed by atoms with E-state index in [1.807, 2.05) is 0 Å². The fourth-order valence-corrected chi connectivity index (χ4v) is 3.65. The maximum atomic E-state index is 5.92. The summed E-state index contributed by atoms with van der Waals surface area (Å²) in [5.74, 6) is 2.61. The molecule has 0 atom stereocenters. The number of ether oxygens (including phenoxy) is 2. The summed E-state index contributed by atoms with van der Waals surface area (Å²) in [6.45, 7) is 5.94. The molecule has 0 unspecified atom stereocenters. The monoisotopic (exact) mass is 339 g/mol. The fourth-order valence-electron chi connectivity index (χ4n) is 3.08. The third kappa shape index (κ3) is 2.96. The lowest BCUT2D eigenvalue weighted by Crippen LogP contribution is -2.28. The number of piperidine rings is 1. The molecule has 1 fully saturated rings. The molecule has 0 amide bonds. The Morgan fingerprint density at radius 1 is 1.20 bits per heavy atom. The summed E-state index contributed by atoms with van der Waals surface area (Å²) in [7, 11) is 0. The molecule has 2 aliphatic rings. The first-order valence-corrected chi connectivity index (χ1v) is 8.33. The van der Waals surface area contributed by atoms with Gasteiger partial charge in [-0.05, 0) is 78.3 Å². The van der Waals surface area contributed by atoms with Crippen molar-refractivity contribution >= 4 is 15.9 Å². The average molecular weight is 340 g/mol. The van der Waals surface area contributed by atoms with Crippen molar-refractivity contribution in [3.8, 4) is 11.5 Å². The van der Waals surface area contributed by atoms with E-state index in [9.17, 15) is 0 Å². The van der Waals surface area contributed by atoms with Gasteiger partial charge in [0, 0.05) is 6.42 Å². The van der Waals surface area contributed by atoms with Crippen molar-refractivity contribution < 1.29 is 9.47 Å². The molecule has 110 valence electrons. The number of hydrogen-bond acceptors (Lipinski definition) is 3. The summed E-state index contributed by atoms with van der Waals surface area (Å²) in [5.41, 5.74) is 2.65. The van der Waals surface area contributed by atoms with E-state index in [-0.39, 0.29) is 0 Å². The second-order valence-electron chi connectivity index (χ2n) is 5.75. The lowest BCUT2D eigenvalue weighted by atomic mass is 9.89. The molecule has 1 aromatic carbocycles. The third-order valence-electron chi connectivity index (χ3n) is 4.30. The van der Waals surface area contributed by atoms with Crippen LogP contribution in [0.5, 0.6) is 11.5 Å². The predicted octanol–water partition coefficient (Wildman–Crippen LogP) is 3.46. The summed E-state index contributed by atoms with van der Waals surface area (Å²) in [6.07, 6.45) is 4.63. The Kier molecular flexibility index (Phi) is 4.51. The lowest BCUT2D eigenvalue weighted by Gasteiger charge is -2.24. The highest BCUT2D eigenvalue weighted by Crippen LogP contribution is 2.42. The fraction of sp³-hybridized carbons (Fsp3) is 0.625. The summed E-state index contributed by atoms with van der Waals surface area (Å²) in [5, 5.41) is 3.43. The van der Waals surface area contributed by atoms with Crippen LogP contribution in [0.1, 0.15) is 30.4 Å². The summed E-state index contributed by atoms with van der Waals surface area (Å²) in [6, 6.07) is 2.23. The van der Waals surface area contributed by atoms with E-state index < -0.39 is 0 Å². The van der Waals surface area contributed by atoms with Crippen LogP contribution in [-0.2, 0) is 6.42 Å². The van der Waals surface area contributed by atoms with E-state index in [1.54, 1.807) is 0 Å². The van der Waals surface area contributed by atoms with Crippen molar-refractivity contribution in [1.29, 1.82) is 0 Å². The van der Waals surface area contributed by atoms with E-state index >= 15 is 0 Å². The predicted molar refractivity (Wildman–Crippen MR) is 83.8 cm³/mol. The standard InChI is InChI=1S/C16H22BrNO2/c1-11-13(9-12-3-5-18-6-4-12)10-14(17)16-15(11)19-7-2-8-20-16/h10,12,18H,2-9H2,1H3. The Hall–Kier alpha value is -0.740. The van der Waals surface area contributed by atoms with Crippen LogP contribution in [0.25, 0.3) is 0 Å². The lowest BCUT2D eigenvalue weighted by molar-refractivity contribution is 0.296. The first kappa shape index (κ1) is 14.2. The summed E-state index contributed by atoms with van der Waals surface area (Å²) in [4.78, 5) is 0. The average Bonchev–Trinajstić information content (AvgIpc) is 2.72. The molecule has 0 saturated carbocycles. The van der Waals surface area contributed by atoms with Crippen LogP contribution in [0.3, 0.4) is 0 Å². The van der Waals surface area contributed by atoms with Crippen LogP contribution in [0.2, 0.25) is 0 Å². The van der Waals surface area contributed by atoms with Crippen LogP contribution in [0.15, 0.2) is 10.5 Å². The molecule has 3 nitrogen and oxygen atoms in total. The van der Waals surface area contributed by atoms with Gasteiger partial charge in [-0.2, -0.15) is 0 Å². The number of halogens is 1. The van der Waals surface area contributed by atoms with Crippen molar-refractivity contribution in [1.82, 2.24) is 5.32 Å². The molecule has 3 rings (SSSR count). The van der Waals surface area contributed by atoms with Gasteiger partial charge < -0.3 is 14.8 Å². The SMILES string of the molecule is Cc1c(CC2CCNCC2)cc(Br)c2c1OCCCO2. The van der Waals surface area contributed by atoms with Gasteiger partial charge in [0.15, 0.2) is 11.5 Å². The smallest absolute Gasteiger partial charge is 0.175 e. The molecular weight excluding hydrogens is 318 g/mol. The van der Waals surface area contributed by atoms with Crippen LogP contribution in [0, 0.1) is 12.8 Å². The van der Waals surface area contributed by atoms with Crippen LogP contribution >= 0.6 is 15.9 Å². The molecular formula is C16H22BrNO2. The van der Waals surface area contributed by atoms with Gasteiger partial charge in [-0.3, -0.25) is 0 Å². The zero-order valence-corrected chi connectivity index (χ0v) is 13.6. The molecule has 20 heavy (non-hydrogen) atoms. The van der Waals surface area contributed by atoms with E-state index in [1.165, 1.54) is 24.0 Å². The zero-order chi connectivity index (χ0) is 13.9. The minimum atomic E-state index is 0.735. The Morgan fingerprint density at radius 3 is 2.65 bits per heavy atom. The molecule has 1 saturated heterocycles. The molecule has 1 N–H and O–H groups in total. The highest BCUT2D eigenvalue weighted by atomic mass is 79.9. The van der Waals surface area contributed by atoms with Crippen LogP contribution in [0.4, 0.5) is 0 Å².